The Hall–Kier alpha value is -4.37. The summed E-state index contributed by atoms with van der Waals surface area (Å²) in [6.45, 7) is 3.76. The van der Waals surface area contributed by atoms with E-state index in [1.807, 2.05) is 38.1 Å². The summed E-state index contributed by atoms with van der Waals surface area (Å²) in [6.07, 6.45) is 3.27. The van der Waals surface area contributed by atoms with Crippen LogP contribution in [-0.4, -0.2) is 21.9 Å². The maximum absolute atomic E-state index is 12.9. The first-order valence-electron chi connectivity index (χ1n) is 12.2. The Balaban J connectivity index is 1.32. The third-order valence-electron chi connectivity index (χ3n) is 6.18. The number of thioether (sulfide) groups is 1. The van der Waals surface area contributed by atoms with Gasteiger partial charge in [0, 0.05) is 4.91 Å². The van der Waals surface area contributed by atoms with Gasteiger partial charge in [0.15, 0.2) is 0 Å². The van der Waals surface area contributed by atoms with Crippen LogP contribution in [0.5, 0.6) is 5.75 Å². The molecule has 0 spiro atoms. The number of allylic oxidation sites excluding steroid dienone is 2. The van der Waals surface area contributed by atoms with E-state index in [1.165, 1.54) is 42.5 Å². The Kier molecular flexibility index (Phi) is 7.73. The van der Waals surface area contributed by atoms with E-state index in [9.17, 15) is 22.1 Å². The highest BCUT2D eigenvalue weighted by Crippen LogP contribution is 2.35. The van der Waals surface area contributed by atoms with Gasteiger partial charge >= 0.3 is 20.2 Å². The highest BCUT2D eigenvalue weighted by molar-refractivity contribution is 8.18. The van der Waals surface area contributed by atoms with E-state index in [2.05, 4.69) is 11.2 Å². The monoisotopic (exact) mass is 602 g/mol. The molecule has 0 saturated carbocycles. The van der Waals surface area contributed by atoms with Crippen molar-refractivity contribution in [2.45, 2.75) is 23.6 Å². The molecule has 0 aliphatic carbocycles. The van der Waals surface area contributed by atoms with E-state index in [0.29, 0.717) is 21.3 Å². The molecule has 0 atom stereocenters. The van der Waals surface area contributed by atoms with Crippen molar-refractivity contribution in [3.63, 3.8) is 0 Å². The second-order valence-corrected chi connectivity index (χ2v) is 13.2. The van der Waals surface area contributed by atoms with Gasteiger partial charge in [-0.25, -0.2) is 0 Å². The van der Waals surface area contributed by atoms with Crippen molar-refractivity contribution < 1.29 is 25.3 Å². The average Bonchev–Trinajstić information content (AvgIpc) is 3.42. The lowest BCUT2D eigenvalue weighted by Crippen LogP contribution is -2.09. The molecule has 1 aliphatic heterocycles. The molecule has 0 bridgehead atoms. The van der Waals surface area contributed by atoms with Crippen LogP contribution in [0.15, 0.2) is 117 Å². The van der Waals surface area contributed by atoms with Crippen molar-refractivity contribution in [3.05, 3.63) is 119 Å². The summed E-state index contributed by atoms with van der Waals surface area (Å²) in [6, 6.07) is 24.8. The van der Waals surface area contributed by atoms with E-state index in [4.69, 9.17) is 8.47 Å². The van der Waals surface area contributed by atoms with Crippen LogP contribution in [0, 0.1) is 25.2 Å². The van der Waals surface area contributed by atoms with Crippen molar-refractivity contribution in [1.82, 2.24) is 0 Å². The van der Waals surface area contributed by atoms with Crippen molar-refractivity contribution >= 4 is 53.4 Å². The van der Waals surface area contributed by atoms with Crippen LogP contribution in [0.3, 0.4) is 0 Å². The molecule has 0 N–H and O–H groups in total. The molecule has 4 aromatic carbocycles. The molecule has 0 fully saturated rings. The molecule has 0 unspecified atom stereocenters. The number of nitrogens with zero attached hydrogens (tertiary/aromatic N) is 2. The summed E-state index contributed by atoms with van der Waals surface area (Å²) in [4.78, 5) is 0.533. The predicted octanol–water partition coefficient (Wildman–Crippen LogP) is 6.48. The van der Waals surface area contributed by atoms with Gasteiger partial charge in [0.1, 0.15) is 26.7 Å². The van der Waals surface area contributed by atoms with Crippen LogP contribution in [0.1, 0.15) is 16.7 Å². The first-order chi connectivity index (χ1) is 19.6. The maximum atomic E-state index is 12.9. The minimum Gasteiger partial charge on any atom is -0.379 e. The number of hydrogen-bond acceptors (Lipinski definition) is 9. The Morgan fingerprint density at radius 3 is 2.22 bits per heavy atom. The van der Waals surface area contributed by atoms with Gasteiger partial charge in [-0.05, 0) is 84.3 Å². The zero-order valence-electron chi connectivity index (χ0n) is 21.8. The van der Waals surface area contributed by atoms with Gasteiger partial charge in [0.2, 0.25) is 0 Å². The number of benzene rings is 4. The quantitative estimate of drug-likeness (QED) is 0.134. The van der Waals surface area contributed by atoms with E-state index < -0.39 is 20.2 Å². The Bertz CT molecular complexity index is 2020. The lowest BCUT2D eigenvalue weighted by Gasteiger charge is -2.09. The van der Waals surface area contributed by atoms with Crippen LogP contribution in [0.25, 0.3) is 16.3 Å². The molecule has 4 aromatic rings. The standard InChI is InChI=1S/C30H22N2O6S3/c1-20-7-12-25(13-8-20)40(33,34)37-24-11-9-23-18-26(14-10-22(23)17-24)41(35,36)38-32-30-16-15-29(39-30)28(19-31)27-6-4-3-5-21(27)2/h3-18H,1-2H3. The molecular weight excluding hydrogens is 581 g/mol. The number of hydrogen-bond donors (Lipinski definition) is 0. The smallest absolute Gasteiger partial charge is 0.358 e. The fraction of sp³-hybridized carbons (Fsp3) is 0.0667. The molecule has 5 rings (SSSR count). The lowest BCUT2D eigenvalue weighted by atomic mass is 10.0. The molecule has 8 nitrogen and oxygen atoms in total. The molecule has 0 aromatic heterocycles. The molecule has 0 saturated heterocycles. The van der Waals surface area contributed by atoms with Crippen LogP contribution >= 0.6 is 11.8 Å². The normalized spacial score (nSPS) is 15.6. The third kappa shape index (κ3) is 6.20. The van der Waals surface area contributed by atoms with Crippen molar-refractivity contribution in [2.75, 3.05) is 0 Å². The summed E-state index contributed by atoms with van der Waals surface area (Å²) in [7, 11) is -8.30. The summed E-state index contributed by atoms with van der Waals surface area (Å²) in [5, 5.41) is 14.9. The Morgan fingerprint density at radius 2 is 1.49 bits per heavy atom. The fourth-order valence-electron chi connectivity index (χ4n) is 4.03. The van der Waals surface area contributed by atoms with Gasteiger partial charge in [0.25, 0.3) is 0 Å². The topological polar surface area (TPSA) is 123 Å². The van der Waals surface area contributed by atoms with E-state index in [0.717, 1.165) is 28.5 Å². The molecule has 11 heteroatoms. The number of rotatable bonds is 7. The summed E-state index contributed by atoms with van der Waals surface area (Å²) in [5.41, 5.74) is 3.11. The van der Waals surface area contributed by atoms with Gasteiger partial charge in [-0.2, -0.15) is 22.1 Å². The lowest BCUT2D eigenvalue weighted by molar-refractivity contribution is 0.340. The second kappa shape index (κ2) is 11.2. The largest absolute Gasteiger partial charge is 0.379 e. The Morgan fingerprint density at radius 1 is 0.805 bits per heavy atom. The van der Waals surface area contributed by atoms with Gasteiger partial charge in [-0.3, -0.25) is 4.28 Å². The number of aryl methyl sites for hydroxylation is 2. The van der Waals surface area contributed by atoms with Crippen molar-refractivity contribution in [3.8, 4) is 11.8 Å². The average molecular weight is 603 g/mol. The highest BCUT2D eigenvalue weighted by atomic mass is 32.2. The van der Waals surface area contributed by atoms with E-state index >= 15 is 0 Å². The SMILES string of the molecule is Cc1ccc(S(=O)(=O)Oc2ccc3cc(S(=O)(=O)ON=C4C=CC(=C(C#N)c5ccccc5C)S4)ccc3c2)cc1. The first-order valence-corrected chi connectivity index (χ1v) is 15.8. The second-order valence-electron chi connectivity index (χ2n) is 9.08. The molecule has 206 valence electrons. The number of oxime groups is 1. The minimum atomic E-state index is -4.26. The highest BCUT2D eigenvalue weighted by Gasteiger charge is 2.21. The predicted molar refractivity (Wildman–Crippen MR) is 159 cm³/mol. The minimum absolute atomic E-state index is 0.0281. The molecular formula is C30H22N2O6S3. The molecule has 0 radical (unpaired) electrons. The number of fused-ring (bicyclic) bond motifs is 1. The zero-order chi connectivity index (χ0) is 29.2. The summed E-state index contributed by atoms with van der Waals surface area (Å²) >= 11 is 1.13. The van der Waals surface area contributed by atoms with Crippen molar-refractivity contribution in [1.29, 1.82) is 5.26 Å². The molecule has 1 aliphatic rings. The van der Waals surface area contributed by atoms with Gasteiger partial charge in [-0.15, -0.1) is 0 Å². The third-order valence-corrected chi connectivity index (χ3v) is 9.52. The molecule has 41 heavy (non-hydrogen) atoms. The van der Waals surface area contributed by atoms with Crippen LogP contribution < -0.4 is 4.18 Å². The zero-order valence-corrected chi connectivity index (χ0v) is 24.3. The van der Waals surface area contributed by atoms with E-state index in [-0.39, 0.29) is 20.6 Å². The van der Waals surface area contributed by atoms with E-state index in [1.54, 1.807) is 30.4 Å². The Labute approximate surface area is 242 Å². The van der Waals surface area contributed by atoms with Crippen molar-refractivity contribution in [2.24, 2.45) is 5.16 Å². The summed E-state index contributed by atoms with van der Waals surface area (Å²) in [5.74, 6) is 0.0904. The molecule has 0 amide bonds. The van der Waals surface area contributed by atoms with Crippen LogP contribution in [-0.2, 0) is 24.5 Å². The fourth-order valence-corrected chi connectivity index (χ4v) is 6.60. The van der Waals surface area contributed by atoms with Gasteiger partial charge in [0.05, 0.1) is 5.57 Å². The van der Waals surface area contributed by atoms with Crippen LogP contribution in [0.2, 0.25) is 0 Å². The summed E-state index contributed by atoms with van der Waals surface area (Å²) < 4.78 is 61.2. The number of nitriles is 1. The maximum Gasteiger partial charge on any atom is 0.358 e. The molecule has 1 heterocycles. The van der Waals surface area contributed by atoms with Crippen LogP contribution in [0.4, 0.5) is 0 Å². The van der Waals surface area contributed by atoms with Gasteiger partial charge in [-0.1, -0.05) is 71.0 Å². The van der Waals surface area contributed by atoms with Gasteiger partial charge < -0.3 is 4.18 Å². The first kappa shape index (κ1) is 28.2.